The molecule has 0 bridgehead atoms. The second-order valence-electron chi connectivity index (χ2n) is 3.56. The van der Waals surface area contributed by atoms with E-state index in [4.69, 9.17) is 11.6 Å². The summed E-state index contributed by atoms with van der Waals surface area (Å²) in [7, 11) is 0. The van der Waals surface area contributed by atoms with E-state index in [1.807, 2.05) is 29.6 Å². The van der Waals surface area contributed by atoms with Crippen LogP contribution in [0.25, 0.3) is 16.4 Å². The summed E-state index contributed by atoms with van der Waals surface area (Å²) in [6, 6.07) is 7.85. The Kier molecular flexibility index (Phi) is 1.70. The van der Waals surface area contributed by atoms with Gasteiger partial charge in [-0.2, -0.15) is 0 Å². The Bertz CT molecular complexity index is 657. The molecule has 0 spiro atoms. The second-order valence-corrected chi connectivity index (χ2v) is 4.00. The summed E-state index contributed by atoms with van der Waals surface area (Å²) in [5, 5.41) is 9.79. The maximum absolute atomic E-state index is 5.95. The Morgan fingerprint density at radius 3 is 2.93 bits per heavy atom. The Morgan fingerprint density at radius 2 is 2.07 bits per heavy atom. The van der Waals surface area contributed by atoms with Gasteiger partial charge in [0.15, 0.2) is 0 Å². The van der Waals surface area contributed by atoms with Gasteiger partial charge in [-0.05, 0) is 36.8 Å². The number of fused-ring (bicyclic) bond motifs is 3. The molecule has 0 radical (unpaired) electrons. The zero-order valence-corrected chi connectivity index (χ0v) is 8.86. The van der Waals surface area contributed by atoms with E-state index < -0.39 is 0 Å². The summed E-state index contributed by atoms with van der Waals surface area (Å²) in [5.74, 6) is 0. The van der Waals surface area contributed by atoms with Crippen molar-refractivity contribution in [2.24, 2.45) is 0 Å². The van der Waals surface area contributed by atoms with Crippen molar-refractivity contribution in [3.8, 4) is 0 Å². The molecule has 15 heavy (non-hydrogen) atoms. The molecular formula is C11H8ClN3. The molecule has 2 aromatic heterocycles. The fourth-order valence-corrected chi connectivity index (χ4v) is 2.00. The second kappa shape index (κ2) is 2.94. The molecule has 2 heterocycles. The van der Waals surface area contributed by atoms with Crippen LogP contribution in [0.2, 0.25) is 5.02 Å². The fourth-order valence-electron chi connectivity index (χ4n) is 1.82. The molecule has 0 amide bonds. The number of halogens is 1. The van der Waals surface area contributed by atoms with Gasteiger partial charge < -0.3 is 0 Å². The number of nitrogens with zero attached hydrogens (tertiary/aromatic N) is 3. The van der Waals surface area contributed by atoms with Gasteiger partial charge in [-0.25, -0.2) is 4.52 Å². The van der Waals surface area contributed by atoms with Crippen LogP contribution in [-0.2, 0) is 0 Å². The first-order valence-electron chi connectivity index (χ1n) is 4.65. The van der Waals surface area contributed by atoms with Crippen LogP contribution >= 0.6 is 11.6 Å². The van der Waals surface area contributed by atoms with E-state index >= 15 is 0 Å². The maximum atomic E-state index is 5.95. The number of hydrogen-bond acceptors (Lipinski definition) is 2. The van der Waals surface area contributed by atoms with Gasteiger partial charge in [-0.1, -0.05) is 16.8 Å². The standard InChI is InChI=1S/C11H8ClN3/c1-7-4-8-5-9(12)2-3-10(8)15-11(7)6-13-14-15/h2-6H,1H3. The van der Waals surface area contributed by atoms with Crippen LogP contribution in [0.15, 0.2) is 30.5 Å². The van der Waals surface area contributed by atoms with Gasteiger partial charge in [0.1, 0.15) is 0 Å². The summed E-state index contributed by atoms with van der Waals surface area (Å²) in [6.45, 7) is 2.04. The molecule has 1 aromatic carbocycles. The molecule has 0 aliphatic rings. The third kappa shape index (κ3) is 1.20. The zero-order valence-electron chi connectivity index (χ0n) is 8.11. The fraction of sp³-hybridized carbons (Fsp3) is 0.0909. The number of aromatic nitrogens is 3. The molecule has 3 aromatic rings. The Morgan fingerprint density at radius 1 is 1.20 bits per heavy atom. The van der Waals surface area contributed by atoms with Crippen LogP contribution in [0.5, 0.6) is 0 Å². The summed E-state index contributed by atoms with van der Waals surface area (Å²) in [6.07, 6.45) is 1.77. The SMILES string of the molecule is Cc1cc2cc(Cl)ccc2n2nncc12. The lowest BCUT2D eigenvalue weighted by atomic mass is 10.1. The predicted octanol–water partition coefficient (Wildman–Crippen LogP) is 2.84. The minimum Gasteiger partial charge on any atom is -0.213 e. The normalized spacial score (nSPS) is 11.3. The van der Waals surface area contributed by atoms with Crippen LogP contribution < -0.4 is 0 Å². The van der Waals surface area contributed by atoms with Crippen molar-refractivity contribution >= 4 is 28.0 Å². The van der Waals surface area contributed by atoms with Crippen LogP contribution in [0.3, 0.4) is 0 Å². The van der Waals surface area contributed by atoms with Crippen molar-refractivity contribution < 1.29 is 0 Å². The van der Waals surface area contributed by atoms with Crippen LogP contribution in [0.1, 0.15) is 5.56 Å². The largest absolute Gasteiger partial charge is 0.213 e. The lowest BCUT2D eigenvalue weighted by molar-refractivity contribution is 0.881. The summed E-state index contributed by atoms with van der Waals surface area (Å²) >= 11 is 5.95. The number of aryl methyl sites for hydroxylation is 1. The third-order valence-corrected chi connectivity index (χ3v) is 2.78. The summed E-state index contributed by atoms with van der Waals surface area (Å²) in [5.41, 5.74) is 3.21. The highest BCUT2D eigenvalue weighted by atomic mass is 35.5. The van der Waals surface area contributed by atoms with Crippen LogP contribution in [0.4, 0.5) is 0 Å². The minimum absolute atomic E-state index is 0.737. The molecule has 3 nitrogen and oxygen atoms in total. The van der Waals surface area contributed by atoms with Crippen molar-refractivity contribution in [1.82, 2.24) is 14.8 Å². The van der Waals surface area contributed by atoms with Gasteiger partial charge >= 0.3 is 0 Å². The quantitative estimate of drug-likeness (QED) is 0.580. The molecule has 0 aliphatic heterocycles. The summed E-state index contributed by atoms with van der Waals surface area (Å²) < 4.78 is 1.83. The molecule has 4 heteroatoms. The number of pyridine rings is 1. The highest BCUT2D eigenvalue weighted by molar-refractivity contribution is 6.31. The molecule has 0 unspecified atom stereocenters. The van der Waals surface area contributed by atoms with Gasteiger partial charge in [0.2, 0.25) is 0 Å². The molecule has 0 aliphatic carbocycles. The van der Waals surface area contributed by atoms with Gasteiger partial charge in [0.25, 0.3) is 0 Å². The minimum atomic E-state index is 0.737. The van der Waals surface area contributed by atoms with Crippen molar-refractivity contribution in [2.75, 3.05) is 0 Å². The van der Waals surface area contributed by atoms with E-state index in [9.17, 15) is 0 Å². The van der Waals surface area contributed by atoms with E-state index in [1.54, 1.807) is 6.20 Å². The van der Waals surface area contributed by atoms with Crippen molar-refractivity contribution in [1.29, 1.82) is 0 Å². The molecule has 0 N–H and O–H groups in total. The maximum Gasteiger partial charge on any atom is 0.0901 e. The molecular weight excluding hydrogens is 210 g/mol. The van der Waals surface area contributed by atoms with Crippen LogP contribution in [0, 0.1) is 6.92 Å². The molecule has 0 saturated carbocycles. The van der Waals surface area contributed by atoms with Crippen molar-refractivity contribution in [2.45, 2.75) is 6.92 Å². The third-order valence-electron chi connectivity index (χ3n) is 2.54. The molecule has 0 saturated heterocycles. The summed E-state index contributed by atoms with van der Waals surface area (Å²) in [4.78, 5) is 0. The average Bonchev–Trinajstić information content (AvgIpc) is 2.66. The highest BCUT2D eigenvalue weighted by Crippen LogP contribution is 2.22. The Balaban J connectivity index is 2.60. The molecule has 0 atom stereocenters. The lowest BCUT2D eigenvalue weighted by Crippen LogP contribution is -1.92. The first kappa shape index (κ1) is 8.68. The lowest BCUT2D eigenvalue weighted by Gasteiger charge is -2.03. The van der Waals surface area contributed by atoms with E-state index in [1.165, 1.54) is 0 Å². The molecule has 74 valence electrons. The molecule has 0 fully saturated rings. The zero-order chi connectivity index (χ0) is 10.4. The van der Waals surface area contributed by atoms with Gasteiger partial charge in [0, 0.05) is 10.4 Å². The van der Waals surface area contributed by atoms with Crippen molar-refractivity contribution in [3.05, 3.63) is 41.0 Å². The topological polar surface area (TPSA) is 30.2 Å². The number of benzene rings is 1. The van der Waals surface area contributed by atoms with Gasteiger partial charge in [-0.3, -0.25) is 0 Å². The monoisotopic (exact) mass is 217 g/mol. The average molecular weight is 218 g/mol. The Hall–Kier alpha value is -1.61. The smallest absolute Gasteiger partial charge is 0.0901 e. The van der Waals surface area contributed by atoms with Crippen LogP contribution in [-0.4, -0.2) is 14.8 Å². The number of rotatable bonds is 0. The van der Waals surface area contributed by atoms with E-state index in [0.717, 1.165) is 27.0 Å². The van der Waals surface area contributed by atoms with Crippen molar-refractivity contribution in [3.63, 3.8) is 0 Å². The van der Waals surface area contributed by atoms with E-state index in [2.05, 4.69) is 16.4 Å². The van der Waals surface area contributed by atoms with E-state index in [0.29, 0.717) is 0 Å². The first-order chi connectivity index (χ1) is 7.25. The van der Waals surface area contributed by atoms with Gasteiger partial charge in [0.05, 0.1) is 17.2 Å². The Labute approximate surface area is 91.3 Å². The number of hydrogen-bond donors (Lipinski definition) is 0. The highest BCUT2D eigenvalue weighted by Gasteiger charge is 2.05. The predicted molar refractivity (Wildman–Crippen MR) is 60.2 cm³/mol. The van der Waals surface area contributed by atoms with Gasteiger partial charge in [-0.15, -0.1) is 5.10 Å². The molecule has 3 rings (SSSR count). The first-order valence-corrected chi connectivity index (χ1v) is 5.03. The van der Waals surface area contributed by atoms with E-state index in [-0.39, 0.29) is 0 Å².